The van der Waals surface area contributed by atoms with Gasteiger partial charge < -0.3 is 8.85 Å². The van der Waals surface area contributed by atoms with Crippen LogP contribution in [0.25, 0.3) is 0 Å². The molecule has 1 unspecified atom stereocenters. The van der Waals surface area contributed by atoms with E-state index in [0.29, 0.717) is 13.0 Å². The third-order valence-corrected chi connectivity index (χ3v) is 14.7. The predicted molar refractivity (Wildman–Crippen MR) is 107 cm³/mol. The van der Waals surface area contributed by atoms with Gasteiger partial charge >= 0.3 is 12.1 Å². The van der Waals surface area contributed by atoms with E-state index < -0.39 is 22.7 Å². The molecule has 0 spiro atoms. The molecule has 7 heteroatoms. The molecule has 146 valence electrons. The van der Waals surface area contributed by atoms with E-state index in [1.807, 2.05) is 13.1 Å². The van der Waals surface area contributed by atoms with Crippen molar-refractivity contribution in [3.8, 4) is 0 Å². The Hall–Kier alpha value is -0.826. The fourth-order valence-electron chi connectivity index (χ4n) is 2.13. The first-order chi connectivity index (χ1) is 11.0. The molecule has 0 bridgehead atoms. The maximum Gasteiger partial charge on any atom is 0.396 e. The Bertz CT molecular complexity index is 472. The number of amides is 1. The Morgan fingerprint density at radius 3 is 1.76 bits per heavy atom. The van der Waals surface area contributed by atoms with Crippen molar-refractivity contribution in [2.24, 2.45) is 0 Å². The average Bonchev–Trinajstić information content (AvgIpc) is 2.83. The van der Waals surface area contributed by atoms with E-state index in [9.17, 15) is 9.59 Å². The number of hydrogen-bond donors (Lipinski definition) is 0. The third kappa shape index (κ3) is 5.09. The van der Waals surface area contributed by atoms with Gasteiger partial charge in [0.05, 0.1) is 0 Å². The highest BCUT2D eigenvalue weighted by Gasteiger charge is 2.46. The minimum atomic E-state index is -2.21. The first-order valence-electron chi connectivity index (χ1n) is 9.22. The van der Waals surface area contributed by atoms with Gasteiger partial charge in [-0.2, -0.15) is 0 Å². The molecule has 0 radical (unpaired) electrons. The van der Waals surface area contributed by atoms with Crippen LogP contribution in [-0.2, 0) is 13.6 Å². The van der Waals surface area contributed by atoms with Gasteiger partial charge in [-0.25, -0.2) is 4.79 Å². The summed E-state index contributed by atoms with van der Waals surface area (Å²) in [6, 6.07) is -0.508. The van der Waals surface area contributed by atoms with Crippen LogP contribution < -0.4 is 0 Å². The lowest BCUT2D eigenvalue weighted by atomic mass is 10.2. The molecule has 25 heavy (non-hydrogen) atoms. The lowest BCUT2D eigenvalue weighted by Crippen LogP contribution is -2.51. The number of carbonyl (C=O) groups is 2. The number of hydrogen-bond acceptors (Lipinski definition) is 4. The molecule has 0 N–H and O–H groups in total. The Kier molecular flexibility index (Phi) is 6.27. The van der Waals surface area contributed by atoms with Gasteiger partial charge in [-0.15, -0.1) is 0 Å². The highest BCUT2D eigenvalue weighted by molar-refractivity contribution is 6.76. The maximum absolute atomic E-state index is 12.8. The zero-order valence-corrected chi connectivity index (χ0v) is 19.8. The molecular weight excluding hydrogens is 350 g/mol. The van der Waals surface area contributed by atoms with Crippen LogP contribution in [0.1, 0.15) is 54.4 Å². The Morgan fingerprint density at radius 1 is 0.880 bits per heavy atom. The van der Waals surface area contributed by atoms with Crippen LogP contribution in [0.3, 0.4) is 0 Å². The summed E-state index contributed by atoms with van der Waals surface area (Å²) in [7, 11) is -4.41. The zero-order chi connectivity index (χ0) is 19.8. The van der Waals surface area contributed by atoms with Gasteiger partial charge in [0.2, 0.25) is 0 Å². The summed E-state index contributed by atoms with van der Waals surface area (Å²) in [5.74, 6) is -0.267. The summed E-state index contributed by atoms with van der Waals surface area (Å²) in [5, 5.41) is -0.104. The largest absolute Gasteiger partial charge is 0.518 e. The van der Waals surface area contributed by atoms with Gasteiger partial charge in [-0.05, 0) is 49.1 Å². The van der Waals surface area contributed by atoms with E-state index in [2.05, 4.69) is 54.6 Å². The van der Waals surface area contributed by atoms with Crippen molar-refractivity contribution in [2.45, 2.75) is 96.7 Å². The van der Waals surface area contributed by atoms with Gasteiger partial charge in [0.1, 0.15) is 6.04 Å². The molecule has 1 atom stereocenters. The second-order valence-corrected chi connectivity index (χ2v) is 19.6. The molecule has 0 aliphatic carbocycles. The van der Waals surface area contributed by atoms with Gasteiger partial charge in [0.25, 0.3) is 16.6 Å². The van der Waals surface area contributed by atoms with Crippen molar-refractivity contribution in [3.05, 3.63) is 0 Å². The van der Waals surface area contributed by atoms with E-state index >= 15 is 0 Å². The fraction of sp³-hybridized carbons (Fsp3) is 0.889. The van der Waals surface area contributed by atoms with Crippen LogP contribution in [0, 0.1) is 0 Å². The summed E-state index contributed by atoms with van der Waals surface area (Å²) < 4.78 is 11.8. The van der Waals surface area contributed by atoms with Gasteiger partial charge in [0, 0.05) is 6.54 Å². The quantitative estimate of drug-likeness (QED) is 0.629. The van der Waals surface area contributed by atoms with Crippen LogP contribution in [0.5, 0.6) is 0 Å². The van der Waals surface area contributed by atoms with Crippen molar-refractivity contribution in [1.82, 2.24) is 4.90 Å². The average molecular weight is 388 g/mol. The topological polar surface area (TPSA) is 55.8 Å². The van der Waals surface area contributed by atoms with Crippen LogP contribution in [0.4, 0.5) is 4.79 Å². The second-order valence-electron chi connectivity index (χ2n) is 10.2. The molecule has 1 aliphatic rings. The van der Waals surface area contributed by atoms with Crippen LogP contribution in [0.15, 0.2) is 0 Å². The second kappa shape index (κ2) is 7.06. The van der Waals surface area contributed by atoms with Crippen LogP contribution >= 0.6 is 0 Å². The molecule has 1 rings (SSSR count). The monoisotopic (exact) mass is 387 g/mol. The summed E-state index contributed by atoms with van der Waals surface area (Å²) >= 11 is 0. The van der Waals surface area contributed by atoms with Crippen molar-refractivity contribution in [2.75, 3.05) is 6.54 Å². The van der Waals surface area contributed by atoms with E-state index in [1.165, 1.54) is 0 Å². The summed E-state index contributed by atoms with van der Waals surface area (Å²) in [4.78, 5) is 27.1. The highest BCUT2D eigenvalue weighted by Crippen LogP contribution is 2.39. The van der Waals surface area contributed by atoms with Crippen molar-refractivity contribution in [3.63, 3.8) is 0 Å². The SMILES string of the molecule is CC(C)(C)[Si](C)(C)OC(=O)C1CCCN1C(=O)O[Si](C)(C)C(C)(C)C. The molecule has 0 aromatic rings. The van der Waals surface area contributed by atoms with Crippen LogP contribution in [0.2, 0.25) is 36.3 Å². The molecule has 1 amide bonds. The first kappa shape index (κ1) is 22.2. The van der Waals surface area contributed by atoms with Crippen molar-refractivity contribution in [1.29, 1.82) is 0 Å². The minimum absolute atomic E-state index is 0.0479. The molecular formula is C18H37NO4Si2. The van der Waals surface area contributed by atoms with Gasteiger partial charge in [-0.3, -0.25) is 9.69 Å². The summed E-state index contributed by atoms with van der Waals surface area (Å²) in [5.41, 5.74) is 0. The number of nitrogens with zero attached hydrogens (tertiary/aromatic N) is 1. The molecule has 0 saturated carbocycles. The summed E-state index contributed by atoms with van der Waals surface area (Å²) in [6.07, 6.45) is 1.10. The van der Waals surface area contributed by atoms with E-state index in [1.54, 1.807) is 4.90 Å². The van der Waals surface area contributed by atoms with Crippen molar-refractivity contribution >= 4 is 28.7 Å². The Labute approximate surface area is 155 Å². The van der Waals surface area contributed by atoms with Gasteiger partial charge in [0.15, 0.2) is 0 Å². The van der Waals surface area contributed by atoms with Crippen molar-refractivity contribution < 1.29 is 18.4 Å². The first-order valence-corrected chi connectivity index (χ1v) is 15.0. The molecule has 1 saturated heterocycles. The molecule has 0 aromatic carbocycles. The standard InChI is InChI=1S/C18H37NO4Si2/c1-17(2,3)24(7,8)22-15(20)14-12-11-13-19(14)16(21)23-25(9,10)18(4,5)6/h14H,11-13H2,1-10H3. The molecule has 1 aliphatic heterocycles. The van der Waals surface area contributed by atoms with E-state index in [4.69, 9.17) is 8.85 Å². The third-order valence-electron chi connectivity index (χ3n) is 6.07. The maximum atomic E-state index is 12.8. The Balaban J connectivity index is 2.86. The number of likely N-dealkylation sites (tertiary alicyclic amines) is 1. The summed E-state index contributed by atoms with van der Waals surface area (Å²) in [6.45, 7) is 21.4. The molecule has 5 nitrogen and oxygen atoms in total. The Morgan fingerprint density at radius 2 is 1.32 bits per heavy atom. The molecule has 1 heterocycles. The fourth-order valence-corrected chi connectivity index (χ4v) is 3.94. The highest BCUT2D eigenvalue weighted by atomic mass is 28.4. The lowest BCUT2D eigenvalue weighted by molar-refractivity contribution is -0.139. The van der Waals surface area contributed by atoms with E-state index in [0.717, 1.165) is 6.42 Å². The predicted octanol–water partition coefficient (Wildman–Crippen LogP) is 5.14. The smallest absolute Gasteiger partial charge is 0.396 e. The lowest BCUT2D eigenvalue weighted by Gasteiger charge is -2.39. The van der Waals surface area contributed by atoms with E-state index in [-0.39, 0.29) is 22.1 Å². The van der Waals surface area contributed by atoms with Crippen LogP contribution in [-0.4, -0.2) is 46.2 Å². The number of rotatable bonds is 3. The minimum Gasteiger partial charge on any atom is -0.518 e. The molecule has 0 aromatic heterocycles. The normalized spacial score (nSPS) is 19.8. The zero-order valence-electron chi connectivity index (χ0n) is 17.8. The van der Waals surface area contributed by atoms with Gasteiger partial charge in [-0.1, -0.05) is 41.5 Å². The number of carbonyl (C=O) groups excluding carboxylic acids is 2. The molecule has 1 fully saturated rings.